The molecule has 1 saturated heterocycles. The SMILES string of the molecule is CC(C)C[C@H](NC(=O)N1CCCCCC1)C(=O)N[C@@](C)(Cc1ccc(OCc2ccccc2)cc1)C(=O)OC(C)(C)C. The largest absolute Gasteiger partial charge is 0.489 e. The molecule has 1 aliphatic rings. The third-order valence-electron chi connectivity index (χ3n) is 7.19. The normalized spacial score (nSPS) is 16.1. The van der Waals surface area contributed by atoms with Gasteiger partial charge in [0, 0.05) is 19.5 Å². The van der Waals surface area contributed by atoms with Crippen LogP contribution in [0.25, 0.3) is 0 Å². The maximum atomic E-state index is 13.7. The number of urea groups is 1. The number of carbonyl (C=O) groups excluding carboxylic acids is 3. The van der Waals surface area contributed by atoms with Crippen LogP contribution < -0.4 is 15.4 Å². The van der Waals surface area contributed by atoms with Crippen LogP contribution in [0.5, 0.6) is 5.75 Å². The van der Waals surface area contributed by atoms with E-state index in [0.717, 1.165) is 36.8 Å². The summed E-state index contributed by atoms with van der Waals surface area (Å²) in [4.78, 5) is 42.2. The van der Waals surface area contributed by atoms with Crippen molar-refractivity contribution in [2.75, 3.05) is 13.1 Å². The number of carbonyl (C=O) groups is 3. The smallest absolute Gasteiger partial charge is 0.332 e. The first-order valence-electron chi connectivity index (χ1n) is 15.2. The summed E-state index contributed by atoms with van der Waals surface area (Å²) < 4.78 is 11.7. The first kappa shape index (κ1) is 33.0. The second kappa shape index (κ2) is 15.1. The first-order valence-corrected chi connectivity index (χ1v) is 15.2. The molecular weight excluding hydrogens is 530 g/mol. The predicted molar refractivity (Wildman–Crippen MR) is 165 cm³/mol. The monoisotopic (exact) mass is 579 g/mol. The summed E-state index contributed by atoms with van der Waals surface area (Å²) in [5.41, 5.74) is -0.194. The third kappa shape index (κ3) is 10.7. The van der Waals surface area contributed by atoms with Gasteiger partial charge in [0.1, 0.15) is 29.5 Å². The van der Waals surface area contributed by atoms with Gasteiger partial charge in [-0.15, -0.1) is 0 Å². The topological polar surface area (TPSA) is 97.0 Å². The van der Waals surface area contributed by atoms with E-state index < -0.39 is 29.1 Å². The number of rotatable bonds is 11. The Morgan fingerprint density at radius 3 is 2.05 bits per heavy atom. The van der Waals surface area contributed by atoms with Crippen LogP contribution in [0.2, 0.25) is 0 Å². The lowest BCUT2D eigenvalue weighted by Gasteiger charge is -2.34. The number of likely N-dealkylation sites (tertiary alicyclic amines) is 1. The fraction of sp³-hybridized carbons (Fsp3) is 0.559. The Labute approximate surface area is 251 Å². The number of esters is 1. The quantitative estimate of drug-likeness (QED) is 0.317. The molecule has 0 aromatic heterocycles. The van der Waals surface area contributed by atoms with Gasteiger partial charge >= 0.3 is 12.0 Å². The average molecular weight is 580 g/mol. The minimum atomic E-state index is -1.36. The Bertz CT molecular complexity index is 1150. The standard InChI is InChI=1S/C34H49N3O5/c1-25(2)22-29(35-32(40)37-20-12-7-8-13-21-37)30(38)36-34(6,31(39)42-33(3,4)5)23-26-16-18-28(19-17-26)41-24-27-14-10-9-11-15-27/h9-11,14-19,25,29H,7-8,12-13,20-24H2,1-6H3,(H,35,40)(H,36,38)/t29-,34-/m0/s1. The molecule has 2 aromatic carbocycles. The lowest BCUT2D eigenvalue weighted by Crippen LogP contribution is -2.61. The van der Waals surface area contributed by atoms with E-state index in [1.54, 1.807) is 32.6 Å². The highest BCUT2D eigenvalue weighted by Crippen LogP contribution is 2.23. The van der Waals surface area contributed by atoms with E-state index in [0.29, 0.717) is 31.9 Å². The van der Waals surface area contributed by atoms with Gasteiger partial charge in [0.2, 0.25) is 5.91 Å². The van der Waals surface area contributed by atoms with Gasteiger partial charge in [0.25, 0.3) is 0 Å². The van der Waals surface area contributed by atoms with Gasteiger partial charge in [0.15, 0.2) is 0 Å². The highest BCUT2D eigenvalue weighted by atomic mass is 16.6. The predicted octanol–water partition coefficient (Wildman–Crippen LogP) is 6.03. The van der Waals surface area contributed by atoms with Crippen LogP contribution in [-0.2, 0) is 27.4 Å². The number of benzene rings is 2. The maximum Gasteiger partial charge on any atom is 0.332 e. The zero-order valence-corrected chi connectivity index (χ0v) is 26.2. The van der Waals surface area contributed by atoms with Gasteiger partial charge in [0.05, 0.1) is 0 Å². The number of nitrogens with zero attached hydrogens (tertiary/aromatic N) is 1. The van der Waals surface area contributed by atoms with E-state index in [9.17, 15) is 14.4 Å². The molecule has 0 saturated carbocycles. The Balaban J connectivity index is 1.76. The Morgan fingerprint density at radius 1 is 0.857 bits per heavy atom. The van der Waals surface area contributed by atoms with Gasteiger partial charge in [-0.3, -0.25) is 4.79 Å². The van der Waals surface area contributed by atoms with Crippen molar-refractivity contribution in [2.45, 2.75) is 104 Å². The van der Waals surface area contributed by atoms with Crippen molar-refractivity contribution in [1.82, 2.24) is 15.5 Å². The van der Waals surface area contributed by atoms with Crippen molar-refractivity contribution < 1.29 is 23.9 Å². The molecule has 0 unspecified atom stereocenters. The van der Waals surface area contributed by atoms with Crippen molar-refractivity contribution in [3.8, 4) is 5.75 Å². The molecule has 8 nitrogen and oxygen atoms in total. The summed E-state index contributed by atoms with van der Waals surface area (Å²) in [5, 5.41) is 5.93. The molecule has 0 aliphatic carbocycles. The minimum absolute atomic E-state index is 0.154. The van der Waals surface area contributed by atoms with E-state index in [1.807, 2.05) is 68.4 Å². The molecule has 1 aliphatic heterocycles. The molecule has 1 heterocycles. The molecule has 2 aromatic rings. The van der Waals surface area contributed by atoms with Gasteiger partial charge in [-0.1, -0.05) is 69.2 Å². The van der Waals surface area contributed by atoms with Crippen LogP contribution >= 0.6 is 0 Å². The second-order valence-corrected chi connectivity index (χ2v) is 13.0. The van der Waals surface area contributed by atoms with Crippen LogP contribution in [0.4, 0.5) is 4.79 Å². The Hall–Kier alpha value is -3.55. The molecule has 0 bridgehead atoms. The summed E-state index contributed by atoms with van der Waals surface area (Å²) in [6, 6.07) is 16.4. The zero-order chi connectivity index (χ0) is 30.8. The summed E-state index contributed by atoms with van der Waals surface area (Å²) in [7, 11) is 0. The van der Waals surface area contributed by atoms with Crippen molar-refractivity contribution >= 4 is 17.9 Å². The average Bonchev–Trinajstić information content (AvgIpc) is 3.21. The number of hydrogen-bond acceptors (Lipinski definition) is 5. The molecule has 8 heteroatoms. The van der Waals surface area contributed by atoms with Gasteiger partial charge in [-0.25, -0.2) is 9.59 Å². The van der Waals surface area contributed by atoms with Crippen molar-refractivity contribution in [3.05, 3.63) is 65.7 Å². The summed E-state index contributed by atoms with van der Waals surface area (Å²) >= 11 is 0. The molecule has 2 N–H and O–H groups in total. The molecule has 230 valence electrons. The van der Waals surface area contributed by atoms with Crippen LogP contribution in [-0.4, -0.2) is 53.1 Å². The summed E-state index contributed by atoms with van der Waals surface area (Å²) in [6.07, 6.45) is 4.79. The molecular formula is C34H49N3O5. The van der Waals surface area contributed by atoms with Gasteiger partial charge < -0.3 is 25.0 Å². The number of hydrogen-bond donors (Lipinski definition) is 2. The summed E-state index contributed by atoms with van der Waals surface area (Å²) in [5.74, 6) is -0.0711. The second-order valence-electron chi connectivity index (χ2n) is 13.0. The highest BCUT2D eigenvalue weighted by Gasteiger charge is 2.40. The molecule has 1 fully saturated rings. The van der Waals surface area contributed by atoms with Crippen molar-refractivity contribution in [2.24, 2.45) is 5.92 Å². The fourth-order valence-electron chi connectivity index (χ4n) is 4.99. The number of nitrogens with one attached hydrogen (secondary N) is 2. The zero-order valence-electron chi connectivity index (χ0n) is 26.2. The van der Waals surface area contributed by atoms with Crippen LogP contribution in [0.1, 0.15) is 84.8 Å². The lowest BCUT2D eigenvalue weighted by atomic mass is 9.91. The van der Waals surface area contributed by atoms with E-state index in [4.69, 9.17) is 9.47 Å². The Morgan fingerprint density at radius 2 is 1.48 bits per heavy atom. The third-order valence-corrected chi connectivity index (χ3v) is 7.19. The van der Waals surface area contributed by atoms with E-state index in [1.165, 1.54) is 0 Å². The number of ether oxygens (including phenoxy) is 2. The van der Waals surface area contributed by atoms with E-state index in [2.05, 4.69) is 10.6 Å². The van der Waals surface area contributed by atoms with Crippen molar-refractivity contribution in [3.63, 3.8) is 0 Å². The Kier molecular flexibility index (Phi) is 11.8. The highest BCUT2D eigenvalue weighted by molar-refractivity contribution is 5.92. The van der Waals surface area contributed by atoms with Gasteiger partial charge in [-0.2, -0.15) is 0 Å². The van der Waals surface area contributed by atoms with E-state index in [-0.39, 0.29) is 18.4 Å². The summed E-state index contributed by atoms with van der Waals surface area (Å²) in [6.45, 7) is 12.9. The lowest BCUT2D eigenvalue weighted by molar-refractivity contribution is -0.164. The number of amides is 3. The van der Waals surface area contributed by atoms with Crippen LogP contribution in [0, 0.1) is 5.92 Å². The molecule has 0 spiro atoms. The molecule has 0 radical (unpaired) electrons. The van der Waals surface area contributed by atoms with Crippen LogP contribution in [0.15, 0.2) is 54.6 Å². The molecule has 2 atom stereocenters. The fourth-order valence-corrected chi connectivity index (χ4v) is 4.99. The van der Waals surface area contributed by atoms with E-state index >= 15 is 0 Å². The molecule has 42 heavy (non-hydrogen) atoms. The molecule has 3 rings (SSSR count). The first-order chi connectivity index (χ1) is 19.8. The minimum Gasteiger partial charge on any atom is -0.489 e. The van der Waals surface area contributed by atoms with Crippen LogP contribution in [0.3, 0.4) is 0 Å². The maximum absolute atomic E-state index is 13.7. The van der Waals surface area contributed by atoms with Gasteiger partial charge in [-0.05, 0) is 76.1 Å². The molecule has 3 amide bonds. The van der Waals surface area contributed by atoms with Crippen molar-refractivity contribution in [1.29, 1.82) is 0 Å².